The molecular formula is C25H21FN6O5. The molecule has 5 rings (SSSR count). The molecule has 2 N–H and O–H groups in total. The molecule has 37 heavy (non-hydrogen) atoms. The molecule has 1 fully saturated rings. The first-order chi connectivity index (χ1) is 17.9. The number of halogens is 1. The van der Waals surface area contributed by atoms with Gasteiger partial charge in [-0.3, -0.25) is 9.59 Å². The van der Waals surface area contributed by atoms with Gasteiger partial charge in [0.25, 0.3) is 11.8 Å². The molecule has 11 nitrogen and oxygen atoms in total. The summed E-state index contributed by atoms with van der Waals surface area (Å²) in [4.78, 5) is 42.5. The lowest BCUT2D eigenvalue weighted by Crippen LogP contribution is -2.35. The number of amides is 2. The van der Waals surface area contributed by atoms with Gasteiger partial charge in [0.15, 0.2) is 11.3 Å². The molecular weight excluding hydrogens is 483 g/mol. The van der Waals surface area contributed by atoms with Gasteiger partial charge in [-0.15, -0.1) is 0 Å². The summed E-state index contributed by atoms with van der Waals surface area (Å²) in [6, 6.07) is 10.1. The molecule has 0 aliphatic heterocycles. The maximum absolute atomic E-state index is 13.1. The van der Waals surface area contributed by atoms with Crippen LogP contribution >= 0.6 is 0 Å². The number of fused-ring (bicyclic) bond motifs is 1. The van der Waals surface area contributed by atoms with E-state index in [4.69, 9.17) is 14.2 Å². The minimum atomic E-state index is -1.19. The number of pyridine rings is 2. The van der Waals surface area contributed by atoms with E-state index in [9.17, 15) is 14.0 Å². The number of aromatic nitrogens is 4. The van der Waals surface area contributed by atoms with Gasteiger partial charge in [0.05, 0.1) is 26.1 Å². The fourth-order valence-corrected chi connectivity index (χ4v) is 3.63. The second-order valence-electron chi connectivity index (χ2n) is 8.23. The van der Waals surface area contributed by atoms with Crippen molar-refractivity contribution in [2.45, 2.75) is 12.8 Å². The monoisotopic (exact) mass is 504 g/mol. The number of rotatable bonds is 8. The highest BCUT2D eigenvalue weighted by atomic mass is 19.1. The molecule has 1 aromatic carbocycles. The normalized spacial score (nSPS) is 13.5. The van der Waals surface area contributed by atoms with Gasteiger partial charge >= 0.3 is 0 Å². The summed E-state index contributed by atoms with van der Waals surface area (Å²) in [7, 11) is 2.96. The van der Waals surface area contributed by atoms with Crippen LogP contribution in [0.4, 0.5) is 15.8 Å². The first-order valence-electron chi connectivity index (χ1n) is 11.2. The lowest BCUT2D eigenvalue weighted by atomic mass is 10.0. The predicted molar refractivity (Wildman–Crippen MR) is 130 cm³/mol. The lowest BCUT2D eigenvalue weighted by molar-refractivity contribution is -0.131. The molecule has 0 unspecified atom stereocenters. The maximum atomic E-state index is 13.1. The molecule has 3 aromatic heterocycles. The van der Waals surface area contributed by atoms with Crippen LogP contribution in [0.3, 0.4) is 0 Å². The Hall–Kier alpha value is -4.87. The Balaban J connectivity index is 1.27. The van der Waals surface area contributed by atoms with E-state index in [1.165, 1.54) is 51.0 Å². The highest BCUT2D eigenvalue weighted by molar-refractivity contribution is 6.16. The van der Waals surface area contributed by atoms with Gasteiger partial charge in [-0.05, 0) is 43.2 Å². The van der Waals surface area contributed by atoms with Gasteiger partial charge < -0.3 is 24.8 Å². The number of hydrogen-bond donors (Lipinski definition) is 2. The van der Waals surface area contributed by atoms with E-state index in [0.29, 0.717) is 41.0 Å². The van der Waals surface area contributed by atoms with Crippen LogP contribution in [-0.2, 0) is 9.59 Å². The van der Waals surface area contributed by atoms with Crippen molar-refractivity contribution in [3.8, 4) is 23.4 Å². The maximum Gasteiger partial charge on any atom is 0.257 e. The van der Waals surface area contributed by atoms with E-state index in [2.05, 4.69) is 30.6 Å². The predicted octanol–water partition coefficient (Wildman–Crippen LogP) is 3.73. The number of methoxy groups -OCH3 is 2. The summed E-state index contributed by atoms with van der Waals surface area (Å²) in [5, 5.41) is 5.39. The van der Waals surface area contributed by atoms with Crippen molar-refractivity contribution in [1.29, 1.82) is 0 Å². The van der Waals surface area contributed by atoms with Gasteiger partial charge in [0.1, 0.15) is 23.1 Å². The van der Waals surface area contributed by atoms with E-state index in [-0.39, 0.29) is 17.6 Å². The summed E-state index contributed by atoms with van der Waals surface area (Å²) < 4.78 is 29.4. The molecule has 0 spiro atoms. The summed E-state index contributed by atoms with van der Waals surface area (Å²) in [5.74, 6) is -0.291. The van der Waals surface area contributed by atoms with Gasteiger partial charge in [-0.2, -0.15) is 4.98 Å². The van der Waals surface area contributed by atoms with Crippen LogP contribution in [0.25, 0.3) is 11.0 Å². The van der Waals surface area contributed by atoms with E-state index in [1.54, 1.807) is 18.2 Å². The van der Waals surface area contributed by atoms with E-state index < -0.39 is 23.0 Å². The number of carbonyl (C=O) groups is 2. The zero-order chi connectivity index (χ0) is 26.0. The van der Waals surface area contributed by atoms with Crippen LogP contribution in [0.1, 0.15) is 12.8 Å². The molecule has 1 saturated carbocycles. The summed E-state index contributed by atoms with van der Waals surface area (Å²) in [5.41, 5.74) is 0.448. The number of carbonyl (C=O) groups excluding carboxylic acids is 2. The third-order valence-electron chi connectivity index (χ3n) is 5.84. The number of nitrogens with zero attached hydrogens (tertiary/aromatic N) is 4. The van der Waals surface area contributed by atoms with Crippen LogP contribution < -0.4 is 24.8 Å². The largest absolute Gasteiger partial charge is 0.491 e. The standard InChI is InChI=1S/C25H21FN6O5/c1-35-18-11-17-20(32-21(18)36-2)22(29-13-28-17)37-19-8-7-16(12-27-19)31-24(34)25(9-10-25)23(33)30-15-5-3-14(26)4-6-15/h3-8,11-13H,9-10H2,1-2H3,(H,30,33)(H,31,34). The Morgan fingerprint density at radius 3 is 2.22 bits per heavy atom. The molecule has 0 radical (unpaired) electrons. The van der Waals surface area contributed by atoms with Crippen molar-refractivity contribution in [3.63, 3.8) is 0 Å². The van der Waals surface area contributed by atoms with Crippen molar-refractivity contribution in [2.24, 2.45) is 5.41 Å². The fraction of sp³-hybridized carbons (Fsp3) is 0.200. The number of anilines is 2. The molecule has 1 aliphatic rings. The van der Waals surface area contributed by atoms with Crippen LogP contribution in [0.5, 0.6) is 23.4 Å². The minimum Gasteiger partial charge on any atom is -0.491 e. The Morgan fingerprint density at radius 2 is 1.59 bits per heavy atom. The molecule has 3 heterocycles. The SMILES string of the molecule is COc1cc2ncnc(Oc3ccc(NC(=O)C4(C(=O)Nc5ccc(F)cc5)CC4)cn3)c2nc1OC. The zero-order valence-corrected chi connectivity index (χ0v) is 19.8. The Bertz CT molecular complexity index is 1480. The number of nitrogens with one attached hydrogen (secondary N) is 2. The second kappa shape index (κ2) is 9.64. The highest BCUT2D eigenvalue weighted by Crippen LogP contribution is 2.47. The fourth-order valence-electron chi connectivity index (χ4n) is 3.63. The average Bonchev–Trinajstić information content (AvgIpc) is 3.73. The van der Waals surface area contributed by atoms with Gasteiger partial charge in [-0.25, -0.2) is 19.3 Å². The van der Waals surface area contributed by atoms with Gasteiger partial charge in [0.2, 0.25) is 17.7 Å². The van der Waals surface area contributed by atoms with Gasteiger partial charge in [0, 0.05) is 17.8 Å². The number of ether oxygens (including phenoxy) is 3. The van der Waals surface area contributed by atoms with E-state index >= 15 is 0 Å². The molecule has 0 atom stereocenters. The van der Waals surface area contributed by atoms with Crippen molar-refractivity contribution in [3.05, 3.63) is 60.8 Å². The van der Waals surface area contributed by atoms with Crippen molar-refractivity contribution in [2.75, 3.05) is 24.9 Å². The lowest BCUT2D eigenvalue weighted by Gasteiger charge is -2.15. The smallest absolute Gasteiger partial charge is 0.257 e. The second-order valence-corrected chi connectivity index (χ2v) is 8.23. The summed E-state index contributed by atoms with van der Waals surface area (Å²) in [6.45, 7) is 0. The molecule has 188 valence electrons. The topological polar surface area (TPSA) is 137 Å². The van der Waals surface area contributed by atoms with Crippen molar-refractivity contribution in [1.82, 2.24) is 19.9 Å². The molecule has 2 amide bonds. The summed E-state index contributed by atoms with van der Waals surface area (Å²) >= 11 is 0. The molecule has 1 aliphatic carbocycles. The number of hydrogen-bond acceptors (Lipinski definition) is 9. The summed E-state index contributed by atoms with van der Waals surface area (Å²) in [6.07, 6.45) is 3.54. The minimum absolute atomic E-state index is 0.157. The first-order valence-corrected chi connectivity index (χ1v) is 11.2. The highest BCUT2D eigenvalue weighted by Gasteiger charge is 2.56. The molecule has 12 heteroatoms. The zero-order valence-electron chi connectivity index (χ0n) is 19.8. The first kappa shape index (κ1) is 23.9. The number of benzene rings is 1. The van der Waals surface area contributed by atoms with E-state index in [0.717, 1.165) is 0 Å². The van der Waals surface area contributed by atoms with Crippen molar-refractivity contribution >= 4 is 34.2 Å². The average molecular weight is 504 g/mol. The van der Waals surface area contributed by atoms with E-state index in [1.807, 2.05) is 0 Å². The molecule has 0 saturated heterocycles. The van der Waals surface area contributed by atoms with Crippen molar-refractivity contribution < 1.29 is 28.2 Å². The molecule has 4 aromatic rings. The third kappa shape index (κ3) is 4.81. The quantitative estimate of drug-likeness (QED) is 0.344. The Labute approximate surface area is 210 Å². The van der Waals surface area contributed by atoms with Gasteiger partial charge in [-0.1, -0.05) is 0 Å². The molecule has 0 bridgehead atoms. The van der Waals surface area contributed by atoms with Crippen LogP contribution in [0.2, 0.25) is 0 Å². The van der Waals surface area contributed by atoms with Crippen LogP contribution in [0.15, 0.2) is 55.0 Å². The Morgan fingerprint density at radius 1 is 0.892 bits per heavy atom. The van der Waals surface area contributed by atoms with Crippen LogP contribution in [-0.4, -0.2) is 46.0 Å². The Kier molecular flexibility index (Phi) is 6.22. The third-order valence-corrected chi connectivity index (χ3v) is 5.84. The van der Waals surface area contributed by atoms with Crippen LogP contribution in [0, 0.1) is 11.2 Å².